The lowest BCUT2D eigenvalue weighted by atomic mass is 9.76. The van der Waals surface area contributed by atoms with Crippen LogP contribution in [0.5, 0.6) is 0 Å². The lowest BCUT2D eigenvalue weighted by molar-refractivity contribution is -0.318. The second-order valence-electron chi connectivity index (χ2n) is 3.15. The molecule has 1 aliphatic carbocycles. The highest BCUT2D eigenvalue weighted by atomic mass is 16.7. The van der Waals surface area contributed by atoms with E-state index in [1.54, 1.807) is 5.06 Å². The third-order valence-electron chi connectivity index (χ3n) is 2.06. The van der Waals surface area contributed by atoms with E-state index in [0.29, 0.717) is 12.6 Å². The molecule has 0 aromatic heterocycles. The van der Waals surface area contributed by atoms with Crippen LogP contribution in [0.3, 0.4) is 0 Å². The Labute approximate surface area is 54.2 Å². The Bertz CT molecular complexity index is 128. The quantitative estimate of drug-likeness (QED) is 0.490. The molecular weight excluding hydrogens is 118 g/mol. The van der Waals surface area contributed by atoms with E-state index >= 15 is 0 Å². The highest BCUT2D eigenvalue weighted by molar-refractivity contribution is 4.98. The van der Waals surface area contributed by atoms with Crippen molar-refractivity contribution in [3.63, 3.8) is 0 Å². The standard InChI is InChI=1S/C6H11NO2/c1-7-4-6(8)2-5(3-6)9-7/h5,8H,2-4H2,1H3. The molecule has 0 atom stereocenters. The van der Waals surface area contributed by atoms with Crippen LogP contribution in [0, 0.1) is 0 Å². The third-order valence-corrected chi connectivity index (χ3v) is 2.06. The monoisotopic (exact) mass is 129 g/mol. The second kappa shape index (κ2) is 1.48. The first-order valence-electron chi connectivity index (χ1n) is 3.28. The number of fused-ring (bicyclic) bond motifs is 2. The maximum atomic E-state index is 9.49. The molecule has 52 valence electrons. The Morgan fingerprint density at radius 3 is 2.67 bits per heavy atom. The lowest BCUT2D eigenvalue weighted by Crippen LogP contribution is -2.61. The van der Waals surface area contributed by atoms with Gasteiger partial charge in [0.25, 0.3) is 0 Å². The molecule has 1 saturated carbocycles. The van der Waals surface area contributed by atoms with E-state index in [9.17, 15) is 5.11 Å². The van der Waals surface area contributed by atoms with Crippen LogP contribution in [0.4, 0.5) is 0 Å². The predicted molar refractivity (Wildman–Crippen MR) is 31.7 cm³/mol. The van der Waals surface area contributed by atoms with E-state index in [-0.39, 0.29) is 0 Å². The van der Waals surface area contributed by atoms with Crippen molar-refractivity contribution in [2.75, 3.05) is 13.6 Å². The minimum Gasteiger partial charge on any atom is -0.388 e. The molecule has 2 heterocycles. The number of likely N-dealkylation sites (N-methyl/N-ethyl adjacent to an activating group) is 1. The van der Waals surface area contributed by atoms with Crippen molar-refractivity contribution in [2.45, 2.75) is 24.5 Å². The summed E-state index contributed by atoms with van der Waals surface area (Å²) in [4.78, 5) is 5.29. The molecule has 3 heteroatoms. The molecule has 2 bridgehead atoms. The fraction of sp³-hybridized carbons (Fsp3) is 1.00. The summed E-state index contributed by atoms with van der Waals surface area (Å²) in [5, 5.41) is 11.2. The number of rotatable bonds is 0. The largest absolute Gasteiger partial charge is 0.388 e. The van der Waals surface area contributed by atoms with Gasteiger partial charge in [0.05, 0.1) is 18.2 Å². The summed E-state index contributed by atoms with van der Waals surface area (Å²) in [5.74, 6) is 0. The molecule has 3 fully saturated rings. The van der Waals surface area contributed by atoms with Crippen LogP contribution in [0.2, 0.25) is 0 Å². The number of nitrogens with zero attached hydrogens (tertiary/aromatic N) is 1. The zero-order chi connectivity index (χ0) is 6.48. The van der Waals surface area contributed by atoms with Crippen LogP contribution in [-0.2, 0) is 4.84 Å². The van der Waals surface area contributed by atoms with Crippen molar-refractivity contribution in [1.29, 1.82) is 0 Å². The van der Waals surface area contributed by atoms with Crippen LogP contribution < -0.4 is 0 Å². The van der Waals surface area contributed by atoms with Crippen LogP contribution >= 0.6 is 0 Å². The smallest absolute Gasteiger partial charge is 0.0848 e. The van der Waals surface area contributed by atoms with Gasteiger partial charge in [0.15, 0.2) is 0 Å². The SMILES string of the molecule is CN1CC2(O)CC(C2)O1. The van der Waals surface area contributed by atoms with Gasteiger partial charge in [0, 0.05) is 19.9 Å². The van der Waals surface area contributed by atoms with Crippen molar-refractivity contribution in [3.05, 3.63) is 0 Å². The Balaban J connectivity index is 2.05. The molecule has 0 aromatic carbocycles. The molecule has 0 radical (unpaired) electrons. The third kappa shape index (κ3) is 0.764. The normalized spacial score (nSPS) is 50.7. The van der Waals surface area contributed by atoms with Gasteiger partial charge in [-0.1, -0.05) is 0 Å². The summed E-state index contributed by atoms with van der Waals surface area (Å²) in [5.41, 5.74) is -0.405. The summed E-state index contributed by atoms with van der Waals surface area (Å²) in [6, 6.07) is 0. The molecular formula is C6H11NO2. The fourth-order valence-electron chi connectivity index (χ4n) is 1.70. The molecule has 0 amide bonds. The summed E-state index contributed by atoms with van der Waals surface area (Å²) in [6.07, 6.45) is 1.96. The number of hydrogen-bond acceptors (Lipinski definition) is 3. The van der Waals surface area contributed by atoms with Gasteiger partial charge in [-0.15, -0.1) is 0 Å². The fourth-order valence-corrected chi connectivity index (χ4v) is 1.70. The van der Waals surface area contributed by atoms with Gasteiger partial charge in [0.1, 0.15) is 0 Å². The van der Waals surface area contributed by atoms with Gasteiger partial charge in [-0.3, -0.25) is 4.84 Å². The molecule has 3 nitrogen and oxygen atoms in total. The van der Waals surface area contributed by atoms with Gasteiger partial charge in [0.2, 0.25) is 0 Å². The maximum Gasteiger partial charge on any atom is 0.0848 e. The second-order valence-corrected chi connectivity index (χ2v) is 3.15. The van der Waals surface area contributed by atoms with E-state index in [4.69, 9.17) is 4.84 Å². The number of hydroxylamine groups is 2. The molecule has 0 unspecified atom stereocenters. The summed E-state index contributed by atoms with van der Waals surface area (Å²) in [6.45, 7) is 0.670. The summed E-state index contributed by atoms with van der Waals surface area (Å²) >= 11 is 0. The molecule has 3 aliphatic rings. The first-order chi connectivity index (χ1) is 4.18. The molecule has 2 saturated heterocycles. The van der Waals surface area contributed by atoms with Gasteiger partial charge < -0.3 is 5.11 Å². The van der Waals surface area contributed by atoms with E-state index in [1.807, 2.05) is 7.05 Å². The van der Waals surface area contributed by atoms with Crippen molar-refractivity contribution >= 4 is 0 Å². The van der Waals surface area contributed by atoms with Gasteiger partial charge in [-0.2, -0.15) is 5.06 Å². The van der Waals surface area contributed by atoms with Crippen molar-refractivity contribution in [2.24, 2.45) is 0 Å². The molecule has 9 heavy (non-hydrogen) atoms. The molecule has 0 spiro atoms. The van der Waals surface area contributed by atoms with Crippen LogP contribution in [0.1, 0.15) is 12.8 Å². The zero-order valence-electron chi connectivity index (χ0n) is 5.50. The molecule has 2 aliphatic heterocycles. The average Bonchev–Trinajstić information content (AvgIpc) is 1.58. The van der Waals surface area contributed by atoms with E-state index in [2.05, 4.69) is 0 Å². The number of hydrogen-bond donors (Lipinski definition) is 1. The van der Waals surface area contributed by atoms with E-state index in [0.717, 1.165) is 12.8 Å². The van der Waals surface area contributed by atoms with E-state index < -0.39 is 5.60 Å². The minimum atomic E-state index is -0.405. The van der Waals surface area contributed by atoms with Crippen molar-refractivity contribution in [1.82, 2.24) is 5.06 Å². The first-order valence-corrected chi connectivity index (χ1v) is 3.28. The lowest BCUT2D eigenvalue weighted by Gasteiger charge is -2.51. The highest BCUT2D eigenvalue weighted by Gasteiger charge is 2.49. The van der Waals surface area contributed by atoms with Gasteiger partial charge in [-0.25, -0.2) is 0 Å². The highest BCUT2D eigenvalue weighted by Crippen LogP contribution is 2.39. The van der Waals surface area contributed by atoms with Crippen LogP contribution in [0.15, 0.2) is 0 Å². The number of aliphatic hydroxyl groups is 1. The maximum absolute atomic E-state index is 9.49. The van der Waals surface area contributed by atoms with Crippen LogP contribution in [0.25, 0.3) is 0 Å². The molecule has 3 rings (SSSR count). The van der Waals surface area contributed by atoms with Crippen molar-refractivity contribution < 1.29 is 9.94 Å². The van der Waals surface area contributed by atoms with Gasteiger partial charge in [-0.05, 0) is 0 Å². The Morgan fingerprint density at radius 2 is 2.33 bits per heavy atom. The predicted octanol–water partition coefficient (Wildman–Crippen LogP) is -0.243. The molecule has 0 aromatic rings. The average molecular weight is 129 g/mol. The van der Waals surface area contributed by atoms with E-state index in [1.165, 1.54) is 0 Å². The van der Waals surface area contributed by atoms with Crippen molar-refractivity contribution in [3.8, 4) is 0 Å². The Morgan fingerprint density at radius 1 is 1.67 bits per heavy atom. The molecule has 1 N–H and O–H groups in total. The zero-order valence-corrected chi connectivity index (χ0v) is 5.50. The topological polar surface area (TPSA) is 32.7 Å². The first kappa shape index (κ1) is 5.65. The minimum absolute atomic E-state index is 0.300. The summed E-state index contributed by atoms with van der Waals surface area (Å²) < 4.78 is 0. The summed E-state index contributed by atoms with van der Waals surface area (Å²) in [7, 11) is 1.86. The Hall–Kier alpha value is -0.120. The van der Waals surface area contributed by atoms with Gasteiger partial charge >= 0.3 is 0 Å². The van der Waals surface area contributed by atoms with Crippen LogP contribution in [-0.4, -0.2) is 35.5 Å². The Kier molecular flexibility index (Phi) is 0.928.